The van der Waals surface area contributed by atoms with Gasteiger partial charge in [0, 0.05) is 6.07 Å². The maximum absolute atomic E-state index is 12.4. The number of nitrogens with two attached hydrogens (primary N) is 1. The van der Waals surface area contributed by atoms with E-state index < -0.39 is 5.91 Å². The molecule has 7 heteroatoms. The van der Waals surface area contributed by atoms with Gasteiger partial charge in [-0.2, -0.15) is 0 Å². The highest BCUT2D eigenvalue weighted by Crippen LogP contribution is 2.29. The lowest BCUT2D eigenvalue weighted by Crippen LogP contribution is -2.39. The summed E-state index contributed by atoms with van der Waals surface area (Å²) in [6, 6.07) is 5.30. The van der Waals surface area contributed by atoms with E-state index in [0.29, 0.717) is 36.9 Å². The van der Waals surface area contributed by atoms with Crippen molar-refractivity contribution < 1.29 is 19.1 Å². The van der Waals surface area contributed by atoms with E-state index in [4.69, 9.17) is 15.2 Å². The zero-order valence-electron chi connectivity index (χ0n) is 15.3. The van der Waals surface area contributed by atoms with Gasteiger partial charge in [-0.1, -0.05) is 13.3 Å². The number of rotatable bonds is 12. The van der Waals surface area contributed by atoms with Crippen LogP contribution in [0.5, 0.6) is 11.5 Å². The summed E-state index contributed by atoms with van der Waals surface area (Å²) in [7, 11) is 0. The number of amides is 2. The number of ether oxygens (including phenoxy) is 2. The third-order valence-corrected chi connectivity index (χ3v) is 3.41. The van der Waals surface area contributed by atoms with Gasteiger partial charge >= 0.3 is 0 Å². The Balaban J connectivity index is 2.81. The molecule has 0 spiro atoms. The summed E-state index contributed by atoms with van der Waals surface area (Å²) in [5.74, 6) is 0.555. The maximum atomic E-state index is 12.4. The molecule has 0 aromatic heterocycles. The molecule has 0 atom stereocenters. The van der Waals surface area contributed by atoms with E-state index >= 15 is 0 Å². The molecule has 0 aliphatic carbocycles. The molecule has 0 fully saturated rings. The molecule has 140 valence electrons. The predicted octanol–water partition coefficient (Wildman–Crippen LogP) is 2.01. The van der Waals surface area contributed by atoms with Gasteiger partial charge in [0.25, 0.3) is 0 Å². The van der Waals surface area contributed by atoms with Crippen molar-refractivity contribution in [1.29, 1.82) is 0 Å². The first-order chi connectivity index (χ1) is 12.0. The van der Waals surface area contributed by atoms with Gasteiger partial charge in [-0.15, -0.1) is 0 Å². The highest BCUT2D eigenvalue weighted by molar-refractivity contribution is 5.94. The van der Waals surface area contributed by atoms with Gasteiger partial charge < -0.3 is 20.5 Å². The normalized spacial score (nSPS) is 10.6. The number of carbonyl (C=O) groups is 2. The van der Waals surface area contributed by atoms with Crippen molar-refractivity contribution >= 4 is 17.5 Å². The van der Waals surface area contributed by atoms with E-state index in [-0.39, 0.29) is 19.0 Å². The van der Waals surface area contributed by atoms with Crippen LogP contribution in [-0.4, -0.2) is 49.6 Å². The monoisotopic (exact) mass is 351 g/mol. The van der Waals surface area contributed by atoms with Gasteiger partial charge in [0.05, 0.1) is 32.0 Å². The molecule has 3 N–H and O–H groups in total. The summed E-state index contributed by atoms with van der Waals surface area (Å²) in [4.78, 5) is 25.3. The zero-order chi connectivity index (χ0) is 18.7. The topological polar surface area (TPSA) is 93.9 Å². The van der Waals surface area contributed by atoms with Crippen LogP contribution >= 0.6 is 0 Å². The number of anilines is 1. The number of primary amides is 1. The van der Waals surface area contributed by atoms with Crippen LogP contribution in [-0.2, 0) is 9.59 Å². The van der Waals surface area contributed by atoms with E-state index in [1.165, 1.54) is 0 Å². The van der Waals surface area contributed by atoms with E-state index in [0.717, 1.165) is 12.8 Å². The largest absolute Gasteiger partial charge is 0.494 e. The molecule has 1 rings (SSSR count). The fourth-order valence-corrected chi connectivity index (χ4v) is 2.35. The van der Waals surface area contributed by atoms with E-state index in [2.05, 4.69) is 12.2 Å². The quantitative estimate of drug-likeness (QED) is 0.601. The first-order valence-corrected chi connectivity index (χ1v) is 8.70. The summed E-state index contributed by atoms with van der Waals surface area (Å²) in [5.41, 5.74) is 5.81. The minimum atomic E-state index is -0.447. The van der Waals surface area contributed by atoms with Crippen LogP contribution < -0.4 is 20.5 Å². The van der Waals surface area contributed by atoms with Crippen LogP contribution in [0.1, 0.15) is 33.6 Å². The number of nitrogens with zero attached hydrogens (tertiary/aromatic N) is 1. The molecular formula is C18H29N3O4. The third-order valence-electron chi connectivity index (χ3n) is 3.41. The van der Waals surface area contributed by atoms with Gasteiger partial charge in [-0.05, 0) is 38.9 Å². The van der Waals surface area contributed by atoms with E-state index in [1.54, 1.807) is 23.1 Å². The molecule has 0 aliphatic heterocycles. The van der Waals surface area contributed by atoms with Gasteiger partial charge in [0.15, 0.2) is 0 Å². The summed E-state index contributed by atoms with van der Waals surface area (Å²) < 4.78 is 11.0. The van der Waals surface area contributed by atoms with Crippen molar-refractivity contribution in [2.75, 3.05) is 38.2 Å². The molecule has 0 saturated heterocycles. The van der Waals surface area contributed by atoms with Crippen molar-refractivity contribution in [2.24, 2.45) is 5.73 Å². The Bertz CT molecular complexity index is 563. The predicted molar refractivity (Wildman–Crippen MR) is 98.0 cm³/mol. The van der Waals surface area contributed by atoms with Crippen molar-refractivity contribution in [3.05, 3.63) is 18.2 Å². The molecule has 1 aromatic rings. The molecule has 0 aliphatic rings. The molecule has 0 saturated carbocycles. The number of nitrogens with one attached hydrogen (secondary N) is 1. The number of unbranched alkanes of at least 4 members (excludes halogenated alkanes) is 1. The van der Waals surface area contributed by atoms with Crippen LogP contribution in [0.2, 0.25) is 0 Å². The maximum Gasteiger partial charge on any atom is 0.238 e. The van der Waals surface area contributed by atoms with Gasteiger partial charge in [0.1, 0.15) is 11.5 Å². The average Bonchev–Trinajstić information content (AvgIpc) is 2.55. The van der Waals surface area contributed by atoms with E-state index in [9.17, 15) is 9.59 Å². The molecule has 0 bridgehead atoms. The van der Waals surface area contributed by atoms with Gasteiger partial charge in [-0.3, -0.25) is 14.5 Å². The highest BCUT2D eigenvalue weighted by Gasteiger charge is 2.15. The van der Waals surface area contributed by atoms with Crippen LogP contribution in [0.4, 0.5) is 5.69 Å². The summed E-state index contributed by atoms with van der Waals surface area (Å²) in [6.07, 6.45) is 1.87. The second kappa shape index (κ2) is 11.3. The Kier molecular flexibility index (Phi) is 9.39. The molecule has 1 aromatic carbocycles. The zero-order valence-corrected chi connectivity index (χ0v) is 15.3. The van der Waals surface area contributed by atoms with E-state index in [1.807, 2.05) is 13.8 Å². The molecule has 25 heavy (non-hydrogen) atoms. The minimum Gasteiger partial charge on any atom is -0.494 e. The molecule has 0 heterocycles. The van der Waals surface area contributed by atoms with Crippen LogP contribution in [0.25, 0.3) is 0 Å². The Hall–Kier alpha value is -2.28. The minimum absolute atomic E-state index is 0.0602. The van der Waals surface area contributed by atoms with Crippen LogP contribution in [0.15, 0.2) is 18.2 Å². The highest BCUT2D eigenvalue weighted by atomic mass is 16.5. The summed E-state index contributed by atoms with van der Waals surface area (Å²) in [6.45, 7) is 7.63. The molecule has 0 unspecified atom stereocenters. The number of hydrogen-bond acceptors (Lipinski definition) is 5. The Labute approximate surface area is 149 Å². The molecule has 7 nitrogen and oxygen atoms in total. The molecular weight excluding hydrogens is 322 g/mol. The molecule has 2 amide bonds. The number of hydrogen-bond donors (Lipinski definition) is 2. The van der Waals surface area contributed by atoms with Crippen LogP contribution in [0.3, 0.4) is 0 Å². The number of carbonyl (C=O) groups excluding carboxylic acids is 2. The summed E-state index contributed by atoms with van der Waals surface area (Å²) in [5, 5.41) is 2.84. The SMILES string of the molecule is CCCCN(CC(N)=O)CC(=O)Nc1cc(OCC)ccc1OCC. The summed E-state index contributed by atoms with van der Waals surface area (Å²) >= 11 is 0. The Morgan fingerprint density at radius 2 is 1.84 bits per heavy atom. The fourth-order valence-electron chi connectivity index (χ4n) is 2.35. The van der Waals surface area contributed by atoms with Crippen molar-refractivity contribution in [2.45, 2.75) is 33.6 Å². The first-order valence-electron chi connectivity index (χ1n) is 8.70. The number of benzene rings is 1. The average molecular weight is 351 g/mol. The standard InChI is InChI=1S/C18H29N3O4/c1-4-7-10-21(12-17(19)22)13-18(23)20-15-11-14(24-5-2)8-9-16(15)25-6-3/h8-9,11H,4-7,10,12-13H2,1-3H3,(H2,19,22)(H,20,23). The third kappa shape index (κ3) is 7.89. The van der Waals surface area contributed by atoms with Gasteiger partial charge in [-0.25, -0.2) is 0 Å². The lowest BCUT2D eigenvalue weighted by atomic mass is 10.2. The first kappa shape index (κ1) is 20.8. The van der Waals surface area contributed by atoms with Crippen molar-refractivity contribution in [1.82, 2.24) is 4.90 Å². The smallest absolute Gasteiger partial charge is 0.238 e. The Morgan fingerprint density at radius 3 is 2.44 bits per heavy atom. The van der Waals surface area contributed by atoms with Crippen molar-refractivity contribution in [3.8, 4) is 11.5 Å². The fraction of sp³-hybridized carbons (Fsp3) is 0.556. The van der Waals surface area contributed by atoms with Crippen molar-refractivity contribution in [3.63, 3.8) is 0 Å². The lowest BCUT2D eigenvalue weighted by Gasteiger charge is -2.20. The lowest BCUT2D eigenvalue weighted by molar-refractivity contribution is -0.121. The molecule has 0 radical (unpaired) electrons. The Morgan fingerprint density at radius 1 is 1.12 bits per heavy atom. The second-order valence-electron chi connectivity index (χ2n) is 5.60. The second-order valence-corrected chi connectivity index (χ2v) is 5.60. The van der Waals surface area contributed by atoms with Gasteiger partial charge in [0.2, 0.25) is 11.8 Å². The van der Waals surface area contributed by atoms with Crippen LogP contribution in [0, 0.1) is 0 Å².